The highest BCUT2D eigenvalue weighted by atomic mass is 16.1. The van der Waals surface area contributed by atoms with Gasteiger partial charge in [0.2, 0.25) is 0 Å². The second-order valence-electron chi connectivity index (χ2n) is 4.92. The molecule has 0 aromatic heterocycles. The van der Waals surface area contributed by atoms with E-state index in [4.69, 9.17) is 0 Å². The van der Waals surface area contributed by atoms with E-state index in [2.05, 4.69) is 19.9 Å². The third-order valence-electron chi connectivity index (χ3n) is 2.34. The summed E-state index contributed by atoms with van der Waals surface area (Å²) in [5.41, 5.74) is 1.97. The zero-order chi connectivity index (χ0) is 10.9. The van der Waals surface area contributed by atoms with E-state index in [0.29, 0.717) is 6.42 Å². The van der Waals surface area contributed by atoms with Crippen molar-refractivity contribution in [1.29, 1.82) is 0 Å². The Morgan fingerprint density at radius 2 is 2.00 bits per heavy atom. The Hall–Kier alpha value is -1.05. The molecule has 0 bridgehead atoms. The van der Waals surface area contributed by atoms with Crippen LogP contribution < -0.4 is 0 Å². The molecule has 1 rings (SSSR count). The van der Waals surface area contributed by atoms with Crippen molar-refractivity contribution < 1.29 is 4.79 Å². The van der Waals surface area contributed by atoms with Crippen molar-refractivity contribution in [2.75, 3.05) is 14.1 Å². The number of allylic oxidation sites excluding steroid dienone is 3. The predicted octanol–water partition coefficient (Wildman–Crippen LogP) is 2.38. The molecule has 0 aromatic rings. The van der Waals surface area contributed by atoms with Gasteiger partial charge in [0, 0.05) is 32.3 Å². The highest BCUT2D eigenvalue weighted by molar-refractivity contribution is 6.01. The van der Waals surface area contributed by atoms with Crippen LogP contribution in [-0.4, -0.2) is 24.8 Å². The zero-order valence-corrected chi connectivity index (χ0v) is 9.72. The minimum Gasteiger partial charge on any atom is -0.383 e. The summed E-state index contributed by atoms with van der Waals surface area (Å²) in [5.74, 6) is 0.253. The van der Waals surface area contributed by atoms with Crippen LogP contribution in [0.3, 0.4) is 0 Å². The Kier molecular flexibility index (Phi) is 2.84. The van der Waals surface area contributed by atoms with Crippen LogP contribution in [0.25, 0.3) is 0 Å². The molecule has 0 saturated heterocycles. The number of rotatable bonds is 1. The number of ketones is 1. The van der Waals surface area contributed by atoms with Crippen molar-refractivity contribution in [1.82, 2.24) is 4.90 Å². The van der Waals surface area contributed by atoms with Gasteiger partial charge in [-0.3, -0.25) is 4.79 Å². The average molecular weight is 193 g/mol. The fourth-order valence-corrected chi connectivity index (χ4v) is 1.88. The number of nitrogens with zero attached hydrogens (tertiary/aromatic N) is 1. The number of carbonyl (C=O) groups excluding carboxylic acids is 1. The molecule has 78 valence electrons. The summed E-state index contributed by atoms with van der Waals surface area (Å²) >= 11 is 0. The molecule has 1 aliphatic rings. The van der Waals surface area contributed by atoms with Gasteiger partial charge in [0.15, 0.2) is 5.78 Å². The summed E-state index contributed by atoms with van der Waals surface area (Å²) < 4.78 is 0. The van der Waals surface area contributed by atoms with Gasteiger partial charge in [0.25, 0.3) is 0 Å². The lowest BCUT2D eigenvalue weighted by atomic mass is 9.77. The molecule has 0 aliphatic heterocycles. The second kappa shape index (κ2) is 3.60. The lowest BCUT2D eigenvalue weighted by Crippen LogP contribution is -2.23. The van der Waals surface area contributed by atoms with Crippen molar-refractivity contribution in [3.63, 3.8) is 0 Å². The molecule has 0 aromatic carbocycles. The van der Waals surface area contributed by atoms with Crippen molar-refractivity contribution >= 4 is 5.78 Å². The third kappa shape index (κ3) is 2.47. The van der Waals surface area contributed by atoms with Gasteiger partial charge in [-0.1, -0.05) is 19.9 Å². The van der Waals surface area contributed by atoms with Crippen LogP contribution in [0.5, 0.6) is 0 Å². The molecule has 0 spiro atoms. The highest BCUT2D eigenvalue weighted by Crippen LogP contribution is 2.33. The van der Waals surface area contributed by atoms with Crippen LogP contribution in [0.15, 0.2) is 23.4 Å². The van der Waals surface area contributed by atoms with Gasteiger partial charge < -0.3 is 4.90 Å². The first-order valence-electron chi connectivity index (χ1n) is 4.93. The minimum atomic E-state index is 0.0187. The standard InChI is InChI=1S/C12H19NO/c1-9-6-12(2,3)7-11(14)10(9)8-13(4)5/h6,8H,7H2,1-5H3. The van der Waals surface area contributed by atoms with Crippen LogP contribution in [0.2, 0.25) is 0 Å². The first kappa shape index (κ1) is 11.0. The molecule has 0 amide bonds. The van der Waals surface area contributed by atoms with E-state index in [1.54, 1.807) is 0 Å². The summed E-state index contributed by atoms with van der Waals surface area (Å²) in [6.45, 7) is 6.20. The Balaban J connectivity index is 3.07. The van der Waals surface area contributed by atoms with Gasteiger partial charge in [0.05, 0.1) is 0 Å². The Bertz CT molecular complexity index is 308. The fourth-order valence-electron chi connectivity index (χ4n) is 1.88. The molecule has 2 heteroatoms. The van der Waals surface area contributed by atoms with Crippen LogP contribution >= 0.6 is 0 Å². The highest BCUT2D eigenvalue weighted by Gasteiger charge is 2.28. The fraction of sp³-hybridized carbons (Fsp3) is 0.583. The minimum absolute atomic E-state index is 0.0187. The summed E-state index contributed by atoms with van der Waals surface area (Å²) in [6.07, 6.45) is 4.71. The number of Topliss-reactive ketones (excluding diaryl/α,β-unsaturated/α-hetero) is 1. The lowest BCUT2D eigenvalue weighted by molar-refractivity contribution is -0.117. The maximum absolute atomic E-state index is 11.8. The molecule has 0 unspecified atom stereocenters. The molecular formula is C12H19NO. The molecule has 0 heterocycles. The van der Waals surface area contributed by atoms with Gasteiger partial charge in [-0.05, 0) is 17.9 Å². The molecule has 0 saturated carbocycles. The van der Waals surface area contributed by atoms with Crippen LogP contribution in [0.1, 0.15) is 27.2 Å². The van der Waals surface area contributed by atoms with Crippen LogP contribution in [0, 0.1) is 5.41 Å². The van der Waals surface area contributed by atoms with Crippen LogP contribution in [-0.2, 0) is 4.79 Å². The van der Waals surface area contributed by atoms with Crippen molar-refractivity contribution in [2.45, 2.75) is 27.2 Å². The number of carbonyl (C=O) groups is 1. The van der Waals surface area contributed by atoms with E-state index in [1.807, 2.05) is 32.1 Å². The molecule has 2 nitrogen and oxygen atoms in total. The molecule has 14 heavy (non-hydrogen) atoms. The quantitative estimate of drug-likeness (QED) is 0.596. The maximum Gasteiger partial charge on any atom is 0.165 e. The largest absolute Gasteiger partial charge is 0.383 e. The topological polar surface area (TPSA) is 20.3 Å². The molecular weight excluding hydrogens is 174 g/mol. The van der Waals surface area contributed by atoms with E-state index in [-0.39, 0.29) is 11.2 Å². The maximum atomic E-state index is 11.8. The van der Waals surface area contributed by atoms with Gasteiger partial charge in [-0.25, -0.2) is 0 Å². The van der Waals surface area contributed by atoms with Gasteiger partial charge >= 0.3 is 0 Å². The number of hydrogen-bond acceptors (Lipinski definition) is 2. The van der Waals surface area contributed by atoms with E-state index >= 15 is 0 Å². The second-order valence-corrected chi connectivity index (χ2v) is 4.92. The Morgan fingerprint density at radius 3 is 2.43 bits per heavy atom. The van der Waals surface area contributed by atoms with E-state index in [9.17, 15) is 4.79 Å². The monoisotopic (exact) mass is 193 g/mol. The molecule has 1 aliphatic carbocycles. The molecule has 0 N–H and O–H groups in total. The molecule has 0 radical (unpaired) electrons. The summed E-state index contributed by atoms with van der Waals surface area (Å²) in [4.78, 5) is 13.7. The Labute approximate surface area is 86.3 Å². The van der Waals surface area contributed by atoms with Crippen LogP contribution in [0.4, 0.5) is 0 Å². The summed E-state index contributed by atoms with van der Waals surface area (Å²) in [5, 5.41) is 0. The summed E-state index contributed by atoms with van der Waals surface area (Å²) in [7, 11) is 3.88. The SMILES string of the molecule is CC1=CC(C)(C)CC(=O)C1=CN(C)C. The van der Waals surface area contributed by atoms with Gasteiger partial charge in [0.1, 0.15) is 0 Å². The third-order valence-corrected chi connectivity index (χ3v) is 2.34. The Morgan fingerprint density at radius 1 is 1.43 bits per heavy atom. The lowest BCUT2D eigenvalue weighted by Gasteiger charge is -2.27. The molecule has 0 atom stereocenters. The first-order chi connectivity index (χ1) is 6.32. The van der Waals surface area contributed by atoms with Crippen molar-refractivity contribution in [2.24, 2.45) is 5.41 Å². The van der Waals surface area contributed by atoms with E-state index < -0.39 is 0 Å². The zero-order valence-electron chi connectivity index (χ0n) is 9.72. The van der Waals surface area contributed by atoms with E-state index in [0.717, 1.165) is 11.1 Å². The smallest absolute Gasteiger partial charge is 0.165 e. The van der Waals surface area contributed by atoms with Crippen molar-refractivity contribution in [3.05, 3.63) is 23.4 Å². The molecule has 0 fully saturated rings. The summed E-state index contributed by atoms with van der Waals surface area (Å²) in [6, 6.07) is 0. The van der Waals surface area contributed by atoms with E-state index in [1.165, 1.54) is 0 Å². The van der Waals surface area contributed by atoms with Crippen molar-refractivity contribution in [3.8, 4) is 0 Å². The predicted molar refractivity (Wildman–Crippen MR) is 58.9 cm³/mol. The van der Waals surface area contributed by atoms with Gasteiger partial charge in [-0.15, -0.1) is 0 Å². The average Bonchev–Trinajstić information content (AvgIpc) is 1.94. The normalized spacial score (nSPS) is 23.6. The number of hydrogen-bond donors (Lipinski definition) is 0. The first-order valence-corrected chi connectivity index (χ1v) is 4.93. The van der Waals surface area contributed by atoms with Gasteiger partial charge in [-0.2, -0.15) is 0 Å².